The molecule has 1 aliphatic heterocycles. The summed E-state index contributed by atoms with van der Waals surface area (Å²) in [5, 5.41) is 9.90. The Labute approximate surface area is 201 Å². The first-order valence-corrected chi connectivity index (χ1v) is 11.8. The number of halogens is 4. The average molecular weight is 508 g/mol. The maximum atomic E-state index is 14.9. The van der Waals surface area contributed by atoms with Crippen molar-refractivity contribution in [2.24, 2.45) is 5.92 Å². The van der Waals surface area contributed by atoms with Crippen LogP contribution in [0.25, 0.3) is 0 Å². The number of aromatic nitrogens is 5. The van der Waals surface area contributed by atoms with Crippen molar-refractivity contribution in [2.45, 2.75) is 47.6 Å². The van der Waals surface area contributed by atoms with E-state index in [-0.39, 0.29) is 25.4 Å². The molecule has 0 atom stereocenters. The molecule has 1 saturated carbocycles. The Hall–Kier alpha value is -3.22. The molecule has 5 rings (SSSR count). The standard InChI is InChI=1S/C22H21F4N7OS/c23-21(14-3-4-14)10-33(11-21)18-8-17(29-19-27-12-28-32-19)30-20(31-18)35-16-5-1-13(2-6-16)7-15(34)9-22(24,25)26/h1-2,5-6,8,12,14H,3-4,7,9-11H2,(H2,27,28,29,30,31,32). The van der Waals surface area contributed by atoms with Gasteiger partial charge in [0.05, 0.1) is 13.1 Å². The fourth-order valence-electron chi connectivity index (χ4n) is 3.98. The molecule has 13 heteroatoms. The number of nitrogens with one attached hydrogen (secondary N) is 2. The summed E-state index contributed by atoms with van der Waals surface area (Å²) in [5.74, 6) is 0.656. The van der Waals surface area contributed by atoms with Crippen molar-refractivity contribution in [2.75, 3.05) is 23.3 Å². The molecule has 2 fully saturated rings. The molecule has 184 valence electrons. The molecular formula is C22H21F4N7OS. The summed E-state index contributed by atoms with van der Waals surface area (Å²) in [4.78, 5) is 27.3. The molecule has 3 aromatic rings. The van der Waals surface area contributed by atoms with Crippen LogP contribution in [-0.4, -0.2) is 55.9 Å². The highest BCUT2D eigenvalue weighted by Crippen LogP contribution is 2.48. The van der Waals surface area contributed by atoms with Crippen molar-refractivity contribution in [3.05, 3.63) is 42.2 Å². The molecule has 2 N–H and O–H groups in total. The van der Waals surface area contributed by atoms with E-state index >= 15 is 0 Å². The number of ketones is 1. The molecule has 35 heavy (non-hydrogen) atoms. The summed E-state index contributed by atoms with van der Waals surface area (Å²) < 4.78 is 52.1. The van der Waals surface area contributed by atoms with Crippen LogP contribution in [0.5, 0.6) is 0 Å². The van der Waals surface area contributed by atoms with Crippen LogP contribution in [0.1, 0.15) is 24.8 Å². The van der Waals surface area contributed by atoms with E-state index in [2.05, 4.69) is 30.5 Å². The van der Waals surface area contributed by atoms with Gasteiger partial charge in [-0.15, -0.1) is 0 Å². The molecule has 0 amide bonds. The van der Waals surface area contributed by atoms with E-state index in [0.29, 0.717) is 28.3 Å². The molecule has 0 spiro atoms. The van der Waals surface area contributed by atoms with Crippen molar-refractivity contribution < 1.29 is 22.4 Å². The van der Waals surface area contributed by atoms with E-state index in [1.165, 1.54) is 18.1 Å². The first-order valence-electron chi connectivity index (χ1n) is 11.0. The molecular weight excluding hydrogens is 486 g/mol. The number of hydrogen-bond donors (Lipinski definition) is 2. The Bertz CT molecular complexity index is 1190. The zero-order valence-corrected chi connectivity index (χ0v) is 19.2. The van der Waals surface area contributed by atoms with Crippen LogP contribution in [-0.2, 0) is 11.2 Å². The van der Waals surface area contributed by atoms with Gasteiger partial charge in [0.25, 0.3) is 0 Å². The highest BCUT2D eigenvalue weighted by Gasteiger charge is 2.54. The minimum atomic E-state index is -4.51. The first kappa shape index (κ1) is 23.5. The number of rotatable bonds is 9. The Morgan fingerprint density at radius 3 is 2.57 bits per heavy atom. The van der Waals surface area contributed by atoms with E-state index in [0.717, 1.165) is 17.7 Å². The third-order valence-corrected chi connectivity index (χ3v) is 6.70. The highest BCUT2D eigenvalue weighted by molar-refractivity contribution is 7.99. The van der Waals surface area contributed by atoms with Crippen LogP contribution >= 0.6 is 11.8 Å². The molecule has 1 saturated heterocycles. The van der Waals surface area contributed by atoms with Crippen molar-refractivity contribution in [3.8, 4) is 0 Å². The van der Waals surface area contributed by atoms with Gasteiger partial charge in [0, 0.05) is 17.4 Å². The van der Waals surface area contributed by atoms with Gasteiger partial charge in [0.15, 0.2) is 5.16 Å². The van der Waals surface area contributed by atoms with Gasteiger partial charge in [0.1, 0.15) is 35.8 Å². The van der Waals surface area contributed by atoms with E-state index in [4.69, 9.17) is 0 Å². The Morgan fingerprint density at radius 2 is 1.94 bits per heavy atom. The van der Waals surface area contributed by atoms with Gasteiger partial charge in [-0.2, -0.15) is 23.3 Å². The summed E-state index contributed by atoms with van der Waals surface area (Å²) in [7, 11) is 0. The lowest BCUT2D eigenvalue weighted by Gasteiger charge is -2.45. The summed E-state index contributed by atoms with van der Waals surface area (Å²) >= 11 is 1.24. The third kappa shape index (κ3) is 5.89. The van der Waals surface area contributed by atoms with Crippen molar-refractivity contribution >= 4 is 35.1 Å². The zero-order valence-electron chi connectivity index (χ0n) is 18.3. The van der Waals surface area contributed by atoms with E-state index in [9.17, 15) is 22.4 Å². The maximum Gasteiger partial charge on any atom is 0.395 e. The van der Waals surface area contributed by atoms with E-state index in [1.54, 1.807) is 30.3 Å². The predicted octanol–water partition coefficient (Wildman–Crippen LogP) is 4.49. The number of aromatic amines is 1. The van der Waals surface area contributed by atoms with E-state index in [1.807, 2.05) is 4.90 Å². The topological polar surface area (TPSA) is 99.7 Å². The normalized spacial score (nSPS) is 17.2. The molecule has 2 aromatic heterocycles. The number of anilines is 3. The molecule has 1 aromatic carbocycles. The smallest absolute Gasteiger partial charge is 0.350 e. The van der Waals surface area contributed by atoms with Gasteiger partial charge in [-0.25, -0.2) is 19.5 Å². The number of H-pyrrole nitrogens is 1. The maximum absolute atomic E-state index is 14.9. The largest absolute Gasteiger partial charge is 0.395 e. The van der Waals surface area contributed by atoms with Crippen LogP contribution in [0.3, 0.4) is 0 Å². The van der Waals surface area contributed by atoms with Crippen LogP contribution < -0.4 is 10.2 Å². The number of carbonyl (C=O) groups is 1. The SMILES string of the molecule is O=C(Cc1ccc(Sc2nc(Nc3ncn[nH]3)cc(N3CC(F)(C4CC4)C3)n2)cc1)CC(F)(F)F. The zero-order chi connectivity index (χ0) is 24.6. The second-order valence-electron chi connectivity index (χ2n) is 8.77. The Balaban J connectivity index is 1.30. The lowest BCUT2D eigenvalue weighted by atomic mass is 9.91. The molecule has 0 radical (unpaired) electrons. The van der Waals surface area contributed by atoms with Crippen LogP contribution in [0, 0.1) is 5.92 Å². The molecule has 8 nitrogen and oxygen atoms in total. The third-order valence-electron chi connectivity index (χ3n) is 5.83. The Morgan fingerprint density at radius 1 is 1.20 bits per heavy atom. The summed E-state index contributed by atoms with van der Waals surface area (Å²) in [6, 6.07) is 8.33. The highest BCUT2D eigenvalue weighted by atomic mass is 32.2. The van der Waals surface area contributed by atoms with Gasteiger partial charge in [-0.05, 0) is 48.2 Å². The van der Waals surface area contributed by atoms with Crippen LogP contribution in [0.4, 0.5) is 35.1 Å². The lowest BCUT2D eigenvalue weighted by molar-refractivity contribution is -0.151. The van der Waals surface area contributed by atoms with Gasteiger partial charge >= 0.3 is 6.18 Å². The van der Waals surface area contributed by atoms with Crippen molar-refractivity contribution in [1.29, 1.82) is 0 Å². The number of nitrogens with zero attached hydrogens (tertiary/aromatic N) is 5. The van der Waals surface area contributed by atoms with Gasteiger partial charge in [-0.3, -0.25) is 4.79 Å². The first-order chi connectivity index (χ1) is 16.6. The molecule has 0 unspecified atom stereocenters. The molecule has 0 bridgehead atoms. The summed E-state index contributed by atoms with van der Waals surface area (Å²) in [5.41, 5.74) is -0.679. The number of alkyl halides is 4. The second kappa shape index (κ2) is 9.10. The minimum Gasteiger partial charge on any atom is -0.350 e. The number of benzene rings is 1. The number of carbonyl (C=O) groups excluding carboxylic acids is 1. The second-order valence-corrected chi connectivity index (χ2v) is 9.81. The Kier molecular flexibility index (Phi) is 6.11. The quantitative estimate of drug-likeness (QED) is 0.323. The predicted molar refractivity (Wildman–Crippen MR) is 120 cm³/mol. The van der Waals surface area contributed by atoms with E-state index < -0.39 is 24.0 Å². The number of hydrogen-bond acceptors (Lipinski definition) is 8. The van der Waals surface area contributed by atoms with Crippen molar-refractivity contribution in [3.63, 3.8) is 0 Å². The number of Topliss-reactive ketones (excluding diaryl/α,β-unsaturated/α-hetero) is 1. The molecule has 1 aliphatic carbocycles. The average Bonchev–Trinajstić information content (AvgIpc) is 3.49. The summed E-state index contributed by atoms with van der Waals surface area (Å²) in [6.07, 6.45) is -3.05. The van der Waals surface area contributed by atoms with Gasteiger partial charge in [-0.1, -0.05) is 12.1 Å². The van der Waals surface area contributed by atoms with Crippen LogP contribution in [0.2, 0.25) is 0 Å². The molecule has 2 aliphatic rings. The monoisotopic (exact) mass is 507 g/mol. The van der Waals surface area contributed by atoms with Crippen molar-refractivity contribution in [1.82, 2.24) is 25.1 Å². The molecule has 3 heterocycles. The fraction of sp³-hybridized carbons (Fsp3) is 0.409. The lowest BCUT2D eigenvalue weighted by Crippen LogP contribution is -2.60. The summed E-state index contributed by atoms with van der Waals surface area (Å²) in [6.45, 7) is 0.558. The minimum absolute atomic E-state index is 0.128. The fourth-order valence-corrected chi connectivity index (χ4v) is 4.74. The van der Waals surface area contributed by atoms with Gasteiger partial charge in [0.2, 0.25) is 5.95 Å². The van der Waals surface area contributed by atoms with Gasteiger partial charge < -0.3 is 10.2 Å². The van der Waals surface area contributed by atoms with Crippen LogP contribution in [0.15, 0.2) is 46.7 Å².